The Morgan fingerprint density at radius 1 is 0.688 bits per heavy atom. The molecular formula is C36H44N4O8. The number of benzene rings is 2. The summed E-state index contributed by atoms with van der Waals surface area (Å²) in [7, 11) is 7.99. The van der Waals surface area contributed by atoms with Crippen molar-refractivity contribution in [2.75, 3.05) is 65.1 Å². The number of aryl methyl sites for hydroxylation is 2. The minimum atomic E-state index is -0.680. The fourth-order valence-electron chi connectivity index (χ4n) is 5.01. The van der Waals surface area contributed by atoms with E-state index in [1.165, 1.54) is 12.2 Å². The molecule has 0 saturated carbocycles. The summed E-state index contributed by atoms with van der Waals surface area (Å²) in [4.78, 5) is 54.5. The third-order valence-corrected chi connectivity index (χ3v) is 7.54. The van der Waals surface area contributed by atoms with E-state index in [1.54, 1.807) is 24.3 Å². The maximum absolute atomic E-state index is 12.6. The maximum atomic E-state index is 12.6. The van der Waals surface area contributed by atoms with Gasteiger partial charge in [0.05, 0.1) is 13.2 Å². The first-order chi connectivity index (χ1) is 22.9. The summed E-state index contributed by atoms with van der Waals surface area (Å²) < 4.78 is 22.8. The van der Waals surface area contributed by atoms with Crippen molar-refractivity contribution in [3.63, 3.8) is 0 Å². The molecule has 2 heterocycles. The number of nitrogens with one attached hydrogen (secondary N) is 2. The van der Waals surface area contributed by atoms with E-state index in [0.717, 1.165) is 25.9 Å². The van der Waals surface area contributed by atoms with Crippen LogP contribution in [0.2, 0.25) is 0 Å². The highest BCUT2D eigenvalue weighted by Crippen LogP contribution is 2.29. The van der Waals surface area contributed by atoms with Crippen LogP contribution in [0.3, 0.4) is 0 Å². The van der Waals surface area contributed by atoms with E-state index in [9.17, 15) is 19.2 Å². The SMILES string of the molecule is Cc1c(OCCCN(C)C)ccc2cc(NC(=O)C/C=C/CC(=O)Nc3cc4ccc(OCCCN(C)C)c(C)c4oc3=O)c(=O)oc12. The van der Waals surface area contributed by atoms with Crippen molar-refractivity contribution in [1.29, 1.82) is 0 Å². The second-order valence-corrected chi connectivity index (χ2v) is 12.1. The number of amides is 2. The Bertz CT molecular complexity index is 1770. The van der Waals surface area contributed by atoms with Crippen molar-refractivity contribution in [2.24, 2.45) is 0 Å². The molecule has 0 unspecified atom stereocenters. The number of anilines is 2. The largest absolute Gasteiger partial charge is 0.493 e. The fraction of sp³-hybridized carbons (Fsp3) is 0.389. The van der Waals surface area contributed by atoms with Crippen molar-refractivity contribution >= 4 is 45.1 Å². The Morgan fingerprint density at radius 3 is 1.46 bits per heavy atom. The minimum Gasteiger partial charge on any atom is -0.493 e. The monoisotopic (exact) mass is 660 g/mol. The number of carbonyl (C=O) groups is 2. The molecule has 2 amide bonds. The predicted octanol–water partition coefficient (Wildman–Crippen LogP) is 5.09. The Hall–Kier alpha value is -4.94. The van der Waals surface area contributed by atoms with Gasteiger partial charge in [0, 0.05) is 47.8 Å². The van der Waals surface area contributed by atoms with Gasteiger partial charge in [-0.2, -0.15) is 0 Å². The lowest BCUT2D eigenvalue weighted by Gasteiger charge is -2.13. The first kappa shape index (κ1) is 35.9. The molecular weight excluding hydrogens is 616 g/mol. The van der Waals surface area contributed by atoms with Crippen molar-refractivity contribution in [3.8, 4) is 11.5 Å². The van der Waals surface area contributed by atoms with E-state index in [1.807, 2.05) is 54.2 Å². The van der Waals surface area contributed by atoms with Gasteiger partial charge in [-0.1, -0.05) is 12.2 Å². The highest BCUT2D eigenvalue weighted by atomic mass is 16.5. The zero-order valence-electron chi connectivity index (χ0n) is 28.4. The molecule has 2 aromatic heterocycles. The minimum absolute atomic E-state index is 0.0129. The number of fused-ring (bicyclic) bond motifs is 2. The van der Waals surface area contributed by atoms with Gasteiger partial charge < -0.3 is 38.7 Å². The van der Waals surface area contributed by atoms with Gasteiger partial charge in [-0.05, 0) is 91.3 Å². The van der Waals surface area contributed by atoms with Crippen molar-refractivity contribution < 1.29 is 27.9 Å². The van der Waals surface area contributed by atoms with Gasteiger partial charge >= 0.3 is 11.3 Å². The fourth-order valence-corrected chi connectivity index (χ4v) is 5.01. The maximum Gasteiger partial charge on any atom is 0.360 e. The number of hydrogen-bond acceptors (Lipinski definition) is 10. The van der Waals surface area contributed by atoms with Crippen LogP contribution in [0.1, 0.15) is 36.8 Å². The molecule has 48 heavy (non-hydrogen) atoms. The first-order valence-electron chi connectivity index (χ1n) is 15.9. The van der Waals surface area contributed by atoms with Crippen LogP contribution in [-0.2, 0) is 9.59 Å². The van der Waals surface area contributed by atoms with Gasteiger partial charge in [-0.3, -0.25) is 9.59 Å². The number of nitrogens with zero attached hydrogens (tertiary/aromatic N) is 2. The average molecular weight is 661 g/mol. The summed E-state index contributed by atoms with van der Waals surface area (Å²) in [6.07, 6.45) is 4.56. The predicted molar refractivity (Wildman–Crippen MR) is 187 cm³/mol. The van der Waals surface area contributed by atoms with Gasteiger partial charge in [0.15, 0.2) is 0 Å². The van der Waals surface area contributed by atoms with Crippen LogP contribution in [0.4, 0.5) is 11.4 Å². The summed E-state index contributed by atoms with van der Waals surface area (Å²) in [6.45, 7) is 6.50. The normalized spacial score (nSPS) is 11.6. The average Bonchev–Trinajstić information content (AvgIpc) is 3.03. The molecule has 0 aliphatic carbocycles. The lowest BCUT2D eigenvalue weighted by molar-refractivity contribution is -0.116. The van der Waals surface area contributed by atoms with Crippen LogP contribution in [0.25, 0.3) is 21.9 Å². The zero-order chi connectivity index (χ0) is 34.8. The van der Waals surface area contributed by atoms with E-state index in [-0.39, 0.29) is 24.2 Å². The molecule has 0 fully saturated rings. The van der Waals surface area contributed by atoms with E-state index in [0.29, 0.717) is 57.8 Å². The topological polar surface area (TPSA) is 144 Å². The molecule has 4 rings (SSSR count). The van der Waals surface area contributed by atoms with Crippen LogP contribution in [-0.4, -0.2) is 76.1 Å². The smallest absolute Gasteiger partial charge is 0.360 e. The Kier molecular flexibility index (Phi) is 12.5. The Morgan fingerprint density at radius 2 is 1.08 bits per heavy atom. The third-order valence-electron chi connectivity index (χ3n) is 7.54. The molecule has 0 bridgehead atoms. The molecule has 2 aromatic carbocycles. The molecule has 256 valence electrons. The summed E-state index contributed by atoms with van der Waals surface area (Å²) >= 11 is 0. The van der Waals surface area contributed by atoms with Crippen LogP contribution in [0, 0.1) is 13.8 Å². The second-order valence-electron chi connectivity index (χ2n) is 12.1. The summed E-state index contributed by atoms with van der Waals surface area (Å²) in [6, 6.07) is 10.3. The number of ether oxygens (including phenoxy) is 2. The molecule has 4 aromatic rings. The van der Waals surface area contributed by atoms with Crippen LogP contribution in [0.5, 0.6) is 11.5 Å². The number of rotatable bonds is 16. The van der Waals surface area contributed by atoms with Gasteiger partial charge in [0.25, 0.3) is 0 Å². The molecule has 0 radical (unpaired) electrons. The molecule has 12 nitrogen and oxygen atoms in total. The molecule has 0 aliphatic heterocycles. The van der Waals surface area contributed by atoms with Crippen molar-refractivity contribution in [3.05, 3.63) is 80.5 Å². The summed E-state index contributed by atoms with van der Waals surface area (Å²) in [5.74, 6) is 0.361. The van der Waals surface area contributed by atoms with Gasteiger partial charge in [-0.25, -0.2) is 9.59 Å². The summed E-state index contributed by atoms with van der Waals surface area (Å²) in [5.41, 5.74) is 0.869. The van der Waals surface area contributed by atoms with Crippen LogP contribution < -0.4 is 31.4 Å². The Labute approximate surface area is 279 Å². The molecule has 0 saturated heterocycles. The molecule has 2 N–H and O–H groups in total. The van der Waals surface area contributed by atoms with Crippen molar-refractivity contribution in [2.45, 2.75) is 39.5 Å². The van der Waals surface area contributed by atoms with Gasteiger partial charge in [0.1, 0.15) is 34.0 Å². The highest BCUT2D eigenvalue weighted by molar-refractivity contribution is 5.95. The summed E-state index contributed by atoms with van der Waals surface area (Å²) in [5, 5.41) is 6.43. The van der Waals surface area contributed by atoms with Crippen LogP contribution >= 0.6 is 0 Å². The molecule has 0 spiro atoms. The second kappa shape index (κ2) is 16.8. The molecule has 0 aliphatic rings. The highest BCUT2D eigenvalue weighted by Gasteiger charge is 2.15. The lowest BCUT2D eigenvalue weighted by Crippen LogP contribution is -2.18. The van der Waals surface area contributed by atoms with E-state index < -0.39 is 23.1 Å². The standard InChI is InChI=1S/C36H44N4O8/c1-23-29(45-19-9-17-39(3)4)15-13-25-21-27(35(43)47-33(23)25)37-31(41)11-7-8-12-32(42)38-28-22-26-14-16-30(46-20-10-18-40(5)6)24(2)34(26)48-36(28)44/h7-8,13-16,21-22H,9-12,17-20H2,1-6H3,(H,37,41)(H,38,42)/b8-7+. The van der Waals surface area contributed by atoms with Gasteiger partial charge in [0.2, 0.25) is 11.8 Å². The van der Waals surface area contributed by atoms with Gasteiger partial charge in [-0.15, -0.1) is 0 Å². The molecule has 0 atom stereocenters. The van der Waals surface area contributed by atoms with Crippen molar-refractivity contribution in [1.82, 2.24) is 9.80 Å². The molecule has 12 heteroatoms. The van der Waals surface area contributed by atoms with E-state index in [4.69, 9.17) is 18.3 Å². The zero-order valence-corrected chi connectivity index (χ0v) is 28.4. The quantitative estimate of drug-likeness (QED) is 0.0948. The van der Waals surface area contributed by atoms with E-state index in [2.05, 4.69) is 20.4 Å². The Balaban J connectivity index is 1.29. The number of hydrogen-bond donors (Lipinski definition) is 2. The van der Waals surface area contributed by atoms with E-state index >= 15 is 0 Å². The first-order valence-corrected chi connectivity index (χ1v) is 15.9. The van der Waals surface area contributed by atoms with Crippen LogP contribution in [0.15, 0.2) is 67.0 Å². The number of carbonyl (C=O) groups excluding carboxylic acids is 2. The third kappa shape index (κ3) is 9.79. The lowest BCUT2D eigenvalue weighted by atomic mass is 10.1.